The first-order chi connectivity index (χ1) is 9.22. The van der Waals surface area contributed by atoms with Crippen LogP contribution in [0.2, 0.25) is 0 Å². The van der Waals surface area contributed by atoms with E-state index in [1.54, 1.807) is 7.11 Å². The number of hydrogen-bond acceptors (Lipinski definition) is 3. The normalized spacial score (nSPS) is 24.9. The van der Waals surface area contributed by atoms with Crippen LogP contribution in [-0.4, -0.2) is 43.8 Å². The van der Waals surface area contributed by atoms with Crippen LogP contribution in [0.3, 0.4) is 0 Å². The Bertz CT molecular complexity index is 219. The van der Waals surface area contributed by atoms with Gasteiger partial charge in [0, 0.05) is 32.3 Å². The van der Waals surface area contributed by atoms with Crippen LogP contribution in [-0.2, 0) is 4.74 Å². The molecule has 0 radical (unpaired) electrons. The fourth-order valence-electron chi connectivity index (χ4n) is 3.38. The molecule has 0 spiro atoms. The van der Waals surface area contributed by atoms with Crippen molar-refractivity contribution in [2.45, 2.75) is 70.9 Å². The van der Waals surface area contributed by atoms with E-state index in [1.807, 2.05) is 0 Å². The van der Waals surface area contributed by atoms with Crippen LogP contribution in [0.5, 0.6) is 0 Å². The molecule has 3 nitrogen and oxygen atoms in total. The van der Waals surface area contributed by atoms with E-state index in [4.69, 9.17) is 10.5 Å². The highest BCUT2D eigenvalue weighted by atomic mass is 16.5. The van der Waals surface area contributed by atoms with E-state index in [-0.39, 0.29) is 0 Å². The second-order valence-electron chi connectivity index (χ2n) is 6.02. The first-order valence-corrected chi connectivity index (χ1v) is 8.21. The Labute approximate surface area is 119 Å². The van der Waals surface area contributed by atoms with Crippen molar-refractivity contribution in [2.75, 3.05) is 26.8 Å². The molecule has 0 aromatic carbocycles. The Morgan fingerprint density at radius 1 is 1.16 bits per heavy atom. The molecule has 1 aliphatic rings. The van der Waals surface area contributed by atoms with Gasteiger partial charge in [-0.1, -0.05) is 33.1 Å². The zero-order valence-corrected chi connectivity index (χ0v) is 13.2. The summed E-state index contributed by atoms with van der Waals surface area (Å²) in [5, 5.41) is 0. The molecule has 1 saturated carbocycles. The second kappa shape index (κ2) is 9.73. The predicted octanol–water partition coefficient (Wildman–Crippen LogP) is 3.03. The number of nitrogens with two attached hydrogens (primary N) is 1. The molecule has 1 aliphatic carbocycles. The summed E-state index contributed by atoms with van der Waals surface area (Å²) in [6, 6.07) is 1.09. The van der Waals surface area contributed by atoms with Crippen molar-refractivity contribution in [3.63, 3.8) is 0 Å². The molecule has 19 heavy (non-hydrogen) atoms. The van der Waals surface area contributed by atoms with Crippen molar-refractivity contribution in [1.82, 2.24) is 4.90 Å². The summed E-state index contributed by atoms with van der Waals surface area (Å²) in [4.78, 5) is 2.62. The molecule has 2 N–H and O–H groups in total. The van der Waals surface area contributed by atoms with E-state index in [9.17, 15) is 0 Å². The van der Waals surface area contributed by atoms with Crippen LogP contribution < -0.4 is 5.73 Å². The first kappa shape index (κ1) is 16.9. The summed E-state index contributed by atoms with van der Waals surface area (Å²) in [6.07, 6.45) is 9.02. The maximum absolute atomic E-state index is 6.38. The molecule has 114 valence electrons. The van der Waals surface area contributed by atoms with Gasteiger partial charge in [0.05, 0.1) is 6.61 Å². The lowest BCUT2D eigenvalue weighted by molar-refractivity contribution is 0.0952. The monoisotopic (exact) mass is 270 g/mol. The zero-order valence-electron chi connectivity index (χ0n) is 13.2. The van der Waals surface area contributed by atoms with Gasteiger partial charge in [0.1, 0.15) is 0 Å². The van der Waals surface area contributed by atoms with Crippen molar-refractivity contribution in [3.05, 3.63) is 0 Å². The highest BCUT2D eigenvalue weighted by Crippen LogP contribution is 2.24. The van der Waals surface area contributed by atoms with Crippen LogP contribution in [0, 0.1) is 5.92 Å². The van der Waals surface area contributed by atoms with Crippen molar-refractivity contribution >= 4 is 0 Å². The van der Waals surface area contributed by atoms with E-state index in [0.29, 0.717) is 18.0 Å². The van der Waals surface area contributed by atoms with Crippen LogP contribution in [0.25, 0.3) is 0 Å². The van der Waals surface area contributed by atoms with Gasteiger partial charge in [0.25, 0.3) is 0 Å². The third-order valence-corrected chi connectivity index (χ3v) is 4.73. The highest BCUT2D eigenvalue weighted by Gasteiger charge is 2.25. The Balaban J connectivity index is 2.57. The molecule has 0 saturated heterocycles. The average Bonchev–Trinajstić information content (AvgIpc) is 2.62. The predicted molar refractivity (Wildman–Crippen MR) is 82.4 cm³/mol. The minimum atomic E-state index is 0.405. The minimum Gasteiger partial charge on any atom is -0.383 e. The van der Waals surface area contributed by atoms with Gasteiger partial charge < -0.3 is 10.5 Å². The average molecular weight is 270 g/mol. The molecule has 0 aromatic heterocycles. The molecular formula is C16H34N2O. The number of methoxy groups -OCH3 is 1. The van der Waals surface area contributed by atoms with Gasteiger partial charge in [-0.3, -0.25) is 4.90 Å². The molecular weight excluding hydrogens is 236 g/mol. The van der Waals surface area contributed by atoms with Gasteiger partial charge in [0.15, 0.2) is 0 Å². The summed E-state index contributed by atoms with van der Waals surface area (Å²) in [7, 11) is 1.79. The molecule has 0 heterocycles. The summed E-state index contributed by atoms with van der Waals surface area (Å²) < 4.78 is 5.28. The molecule has 3 heteroatoms. The summed E-state index contributed by atoms with van der Waals surface area (Å²) in [5.41, 5.74) is 6.38. The summed E-state index contributed by atoms with van der Waals surface area (Å²) in [5.74, 6) is 0.681. The van der Waals surface area contributed by atoms with E-state index < -0.39 is 0 Å². The molecule has 0 aromatic rings. The van der Waals surface area contributed by atoms with Gasteiger partial charge in [0.2, 0.25) is 0 Å². The van der Waals surface area contributed by atoms with Crippen LogP contribution in [0.1, 0.15) is 58.8 Å². The second-order valence-corrected chi connectivity index (χ2v) is 6.02. The lowest BCUT2D eigenvalue weighted by atomic mass is 9.94. The maximum atomic E-state index is 6.38. The molecule has 0 aliphatic heterocycles. The van der Waals surface area contributed by atoms with E-state index in [1.165, 1.54) is 44.9 Å². The van der Waals surface area contributed by atoms with Crippen LogP contribution in [0.15, 0.2) is 0 Å². The number of ether oxygens (including phenoxy) is 1. The summed E-state index contributed by atoms with van der Waals surface area (Å²) >= 11 is 0. The fourth-order valence-corrected chi connectivity index (χ4v) is 3.38. The Morgan fingerprint density at radius 3 is 2.47 bits per heavy atom. The lowest BCUT2D eigenvalue weighted by Gasteiger charge is -2.35. The van der Waals surface area contributed by atoms with Gasteiger partial charge >= 0.3 is 0 Å². The molecule has 1 fully saturated rings. The molecule has 1 rings (SSSR count). The van der Waals surface area contributed by atoms with Gasteiger partial charge in [-0.15, -0.1) is 0 Å². The third kappa shape index (κ3) is 5.80. The van der Waals surface area contributed by atoms with Crippen molar-refractivity contribution < 1.29 is 4.74 Å². The molecule has 0 amide bonds. The van der Waals surface area contributed by atoms with E-state index in [2.05, 4.69) is 18.7 Å². The quantitative estimate of drug-likeness (QED) is 0.689. The van der Waals surface area contributed by atoms with Gasteiger partial charge in [-0.2, -0.15) is 0 Å². The molecule has 2 unspecified atom stereocenters. The van der Waals surface area contributed by atoms with Crippen molar-refractivity contribution in [3.8, 4) is 0 Å². The number of nitrogens with zero attached hydrogens (tertiary/aromatic N) is 1. The topological polar surface area (TPSA) is 38.5 Å². The lowest BCUT2D eigenvalue weighted by Crippen LogP contribution is -2.44. The number of rotatable bonds is 8. The highest BCUT2D eigenvalue weighted by molar-refractivity contribution is 4.81. The van der Waals surface area contributed by atoms with Crippen LogP contribution >= 0.6 is 0 Å². The molecule has 2 atom stereocenters. The minimum absolute atomic E-state index is 0.405. The number of hydrogen-bond donors (Lipinski definition) is 1. The Kier molecular flexibility index (Phi) is 8.67. The van der Waals surface area contributed by atoms with Crippen molar-refractivity contribution in [2.24, 2.45) is 11.7 Å². The molecule has 0 bridgehead atoms. The Hall–Kier alpha value is -0.120. The Morgan fingerprint density at radius 2 is 1.84 bits per heavy atom. The maximum Gasteiger partial charge on any atom is 0.0589 e. The van der Waals surface area contributed by atoms with Gasteiger partial charge in [-0.25, -0.2) is 0 Å². The van der Waals surface area contributed by atoms with E-state index >= 15 is 0 Å². The fraction of sp³-hybridized carbons (Fsp3) is 1.00. The van der Waals surface area contributed by atoms with Gasteiger partial charge in [-0.05, 0) is 31.6 Å². The zero-order chi connectivity index (χ0) is 14.1. The standard InChI is InChI=1S/C16H34N2O/c1-4-15(5-2)18(11-12-19-3)13-14-9-7-6-8-10-16(14)17/h14-16H,4-13,17H2,1-3H3. The largest absolute Gasteiger partial charge is 0.383 e. The summed E-state index contributed by atoms with van der Waals surface area (Å²) in [6.45, 7) is 7.63. The van der Waals surface area contributed by atoms with Crippen LogP contribution in [0.4, 0.5) is 0 Å². The van der Waals surface area contributed by atoms with Crippen molar-refractivity contribution in [1.29, 1.82) is 0 Å². The SMILES string of the molecule is CCC(CC)N(CCOC)CC1CCCCCC1N. The first-order valence-electron chi connectivity index (χ1n) is 8.21. The smallest absolute Gasteiger partial charge is 0.0589 e. The third-order valence-electron chi connectivity index (χ3n) is 4.73. The van der Waals surface area contributed by atoms with E-state index in [0.717, 1.165) is 19.7 Å².